The molecule has 0 rings (SSSR count). The number of phosphoric ester groups is 1. The molecule has 180 valence electrons. The minimum absolute atomic E-state index is 0.0122. The van der Waals surface area contributed by atoms with E-state index in [9.17, 15) is 19.4 Å². The number of hydrogen-bond acceptors (Lipinski definition) is 6. The Morgan fingerprint density at radius 1 is 1.03 bits per heavy atom. The van der Waals surface area contributed by atoms with E-state index in [0.29, 0.717) is 23.9 Å². The third-order valence-electron chi connectivity index (χ3n) is 4.85. The van der Waals surface area contributed by atoms with Gasteiger partial charge < -0.3 is 28.8 Å². The van der Waals surface area contributed by atoms with E-state index in [-0.39, 0.29) is 19.1 Å². The van der Waals surface area contributed by atoms with Gasteiger partial charge in [0.2, 0.25) is 5.91 Å². The first kappa shape index (κ1) is 29.5. The first-order valence-corrected chi connectivity index (χ1v) is 12.8. The number of phosphoric acid groups is 1. The topological polar surface area (TPSA) is 108 Å². The monoisotopic (exact) mass is 452 g/mol. The first-order valence-electron chi connectivity index (χ1n) is 11.4. The second-order valence-electron chi connectivity index (χ2n) is 8.99. The number of unbranched alkanes of at least 4 members (excludes halogenated alkanes) is 6. The van der Waals surface area contributed by atoms with E-state index in [2.05, 4.69) is 19.2 Å². The predicted molar refractivity (Wildman–Crippen MR) is 118 cm³/mol. The number of nitrogens with one attached hydrogen (secondary N) is 1. The molecule has 0 aromatic carbocycles. The van der Waals surface area contributed by atoms with Crippen LogP contribution in [-0.2, 0) is 18.4 Å². The van der Waals surface area contributed by atoms with E-state index >= 15 is 0 Å². The fourth-order valence-electron chi connectivity index (χ4n) is 2.86. The van der Waals surface area contributed by atoms with Crippen molar-refractivity contribution < 1.29 is 32.9 Å². The highest BCUT2D eigenvalue weighted by Gasteiger charge is 2.24. The number of likely N-dealkylation sites (N-methyl/N-ethyl adjacent to an activating group) is 1. The van der Waals surface area contributed by atoms with Crippen LogP contribution in [0.4, 0.5) is 0 Å². The van der Waals surface area contributed by atoms with Crippen LogP contribution in [0.15, 0.2) is 0 Å². The Bertz CT molecular complexity index is 498. The lowest BCUT2D eigenvalue weighted by molar-refractivity contribution is -0.870. The molecule has 0 aromatic rings. The van der Waals surface area contributed by atoms with Crippen LogP contribution < -0.4 is 10.2 Å². The SMILES string of the molecule is CCCCCCC[C@@H](O)[C@H](COP(=O)([O-])OCC[N+](C)(C)C)NC(=O)CCCCC. The number of carbonyl (C=O) groups excluding carboxylic acids is 1. The molecular weight excluding hydrogens is 407 g/mol. The zero-order chi connectivity index (χ0) is 23.0. The Morgan fingerprint density at radius 2 is 1.63 bits per heavy atom. The average molecular weight is 453 g/mol. The van der Waals surface area contributed by atoms with Crippen LogP contribution in [-0.4, -0.2) is 68.5 Å². The summed E-state index contributed by atoms with van der Waals surface area (Å²) < 4.78 is 22.5. The van der Waals surface area contributed by atoms with Crippen molar-refractivity contribution in [3.63, 3.8) is 0 Å². The fraction of sp³-hybridized carbons (Fsp3) is 0.952. The third-order valence-corrected chi connectivity index (χ3v) is 5.81. The largest absolute Gasteiger partial charge is 0.756 e. The summed E-state index contributed by atoms with van der Waals surface area (Å²) in [7, 11) is 1.29. The van der Waals surface area contributed by atoms with Gasteiger partial charge in [0.15, 0.2) is 0 Å². The van der Waals surface area contributed by atoms with E-state index in [4.69, 9.17) is 9.05 Å². The second-order valence-corrected chi connectivity index (χ2v) is 10.4. The van der Waals surface area contributed by atoms with Crippen LogP contribution in [0.2, 0.25) is 0 Å². The van der Waals surface area contributed by atoms with E-state index < -0.39 is 20.0 Å². The quantitative estimate of drug-likeness (QED) is 0.177. The Hall–Kier alpha value is -0.500. The normalized spacial score (nSPS) is 16.1. The van der Waals surface area contributed by atoms with Crippen LogP contribution in [0.1, 0.15) is 78.1 Å². The highest BCUT2D eigenvalue weighted by atomic mass is 31.2. The molecule has 0 aromatic heterocycles. The van der Waals surface area contributed by atoms with Gasteiger partial charge in [-0.2, -0.15) is 0 Å². The fourth-order valence-corrected chi connectivity index (χ4v) is 3.58. The molecule has 30 heavy (non-hydrogen) atoms. The molecule has 0 radical (unpaired) electrons. The third kappa shape index (κ3) is 17.2. The van der Waals surface area contributed by atoms with Gasteiger partial charge in [-0.3, -0.25) is 9.36 Å². The van der Waals surface area contributed by atoms with Gasteiger partial charge in [-0.05, 0) is 12.8 Å². The molecule has 0 aliphatic carbocycles. The minimum atomic E-state index is -4.50. The second kappa shape index (κ2) is 16.2. The number of aliphatic hydroxyl groups excluding tert-OH is 1. The number of quaternary nitrogens is 1. The standard InChI is InChI=1S/C21H45N2O6P/c1-6-8-10-11-13-14-20(24)19(22-21(25)15-12-9-7-2)18-29-30(26,27)28-17-16-23(3,4)5/h19-20,24H,6-18H2,1-5H3,(H-,22,25,26,27)/t19-,20+/m0/s1. The molecule has 1 amide bonds. The van der Waals surface area contributed by atoms with Gasteiger partial charge in [0, 0.05) is 6.42 Å². The summed E-state index contributed by atoms with van der Waals surface area (Å²) in [4.78, 5) is 24.3. The maximum absolute atomic E-state index is 12.2. The molecule has 2 N–H and O–H groups in total. The highest BCUT2D eigenvalue weighted by Crippen LogP contribution is 2.38. The van der Waals surface area contributed by atoms with Crippen molar-refractivity contribution in [1.82, 2.24) is 5.32 Å². The number of rotatable bonds is 19. The van der Waals surface area contributed by atoms with Crippen molar-refractivity contribution in [2.24, 2.45) is 0 Å². The average Bonchev–Trinajstić information content (AvgIpc) is 2.63. The maximum atomic E-state index is 12.2. The van der Waals surface area contributed by atoms with Gasteiger partial charge in [-0.15, -0.1) is 0 Å². The lowest BCUT2D eigenvalue weighted by Crippen LogP contribution is -2.46. The molecule has 0 fully saturated rings. The van der Waals surface area contributed by atoms with E-state index in [1.54, 1.807) is 0 Å². The van der Waals surface area contributed by atoms with Crippen molar-refractivity contribution >= 4 is 13.7 Å². The lowest BCUT2D eigenvalue weighted by Gasteiger charge is -2.30. The van der Waals surface area contributed by atoms with Crippen molar-refractivity contribution in [3.8, 4) is 0 Å². The number of nitrogens with zero attached hydrogens (tertiary/aromatic N) is 1. The van der Waals surface area contributed by atoms with E-state index in [1.807, 2.05) is 21.1 Å². The number of hydrogen-bond donors (Lipinski definition) is 2. The molecule has 0 saturated carbocycles. The first-order chi connectivity index (χ1) is 14.0. The molecule has 1 unspecified atom stereocenters. The summed E-state index contributed by atoms with van der Waals surface area (Å²) in [6.45, 7) is 4.38. The van der Waals surface area contributed by atoms with E-state index in [0.717, 1.165) is 51.4 Å². The van der Waals surface area contributed by atoms with Crippen LogP contribution in [0.25, 0.3) is 0 Å². The molecule has 0 spiro atoms. The van der Waals surface area contributed by atoms with Crippen molar-refractivity contribution in [2.45, 2.75) is 90.2 Å². The van der Waals surface area contributed by atoms with Crippen LogP contribution in [0.3, 0.4) is 0 Å². The molecule has 0 heterocycles. The number of carbonyl (C=O) groups is 1. The van der Waals surface area contributed by atoms with Crippen molar-refractivity contribution in [3.05, 3.63) is 0 Å². The van der Waals surface area contributed by atoms with Crippen molar-refractivity contribution in [2.75, 3.05) is 40.9 Å². The van der Waals surface area contributed by atoms with Gasteiger partial charge in [0.25, 0.3) is 7.82 Å². The van der Waals surface area contributed by atoms with Crippen LogP contribution >= 0.6 is 7.82 Å². The Kier molecular flexibility index (Phi) is 15.9. The Morgan fingerprint density at radius 3 is 2.23 bits per heavy atom. The van der Waals surface area contributed by atoms with Crippen molar-refractivity contribution in [1.29, 1.82) is 0 Å². The molecule has 8 nitrogen and oxygen atoms in total. The maximum Gasteiger partial charge on any atom is 0.268 e. The zero-order valence-corrected chi connectivity index (χ0v) is 20.6. The summed E-state index contributed by atoms with van der Waals surface area (Å²) >= 11 is 0. The van der Waals surface area contributed by atoms with Crippen LogP contribution in [0.5, 0.6) is 0 Å². The summed E-state index contributed by atoms with van der Waals surface area (Å²) in [5.41, 5.74) is 0. The Labute approximate surface area is 183 Å². The molecule has 0 aliphatic rings. The van der Waals surface area contributed by atoms with Gasteiger partial charge in [-0.1, -0.05) is 58.8 Å². The van der Waals surface area contributed by atoms with Gasteiger partial charge in [0.1, 0.15) is 13.2 Å². The van der Waals surface area contributed by atoms with E-state index in [1.165, 1.54) is 0 Å². The molecule has 0 saturated heterocycles. The summed E-state index contributed by atoms with van der Waals surface area (Å²) in [5.74, 6) is -0.200. The van der Waals surface area contributed by atoms with Gasteiger partial charge in [-0.25, -0.2) is 0 Å². The molecule has 0 bridgehead atoms. The lowest BCUT2D eigenvalue weighted by atomic mass is 10.0. The number of aliphatic hydroxyl groups is 1. The van der Waals surface area contributed by atoms with Gasteiger partial charge in [0.05, 0.1) is 39.9 Å². The predicted octanol–water partition coefficient (Wildman–Crippen LogP) is 2.98. The summed E-state index contributed by atoms with van der Waals surface area (Å²) in [6, 6.07) is -0.783. The van der Waals surface area contributed by atoms with Crippen LogP contribution in [0, 0.1) is 0 Å². The minimum Gasteiger partial charge on any atom is -0.756 e. The summed E-state index contributed by atoms with van der Waals surface area (Å²) in [6.07, 6.45) is 7.89. The zero-order valence-electron chi connectivity index (χ0n) is 19.7. The van der Waals surface area contributed by atoms with Gasteiger partial charge >= 0.3 is 0 Å². The molecular formula is C21H45N2O6P. The Balaban J connectivity index is 4.68. The molecule has 0 aliphatic heterocycles. The highest BCUT2D eigenvalue weighted by molar-refractivity contribution is 7.45. The number of amides is 1. The molecule has 9 heteroatoms. The molecule has 3 atom stereocenters. The smallest absolute Gasteiger partial charge is 0.268 e. The summed E-state index contributed by atoms with van der Waals surface area (Å²) in [5, 5.41) is 13.3.